The second kappa shape index (κ2) is 3.80. The third-order valence-electron chi connectivity index (χ3n) is 2.71. The first-order chi connectivity index (χ1) is 6.81. The standard InChI is InChI=1S/C11H14N2O/c12-8-13-7-10(6-11(13)14)9-4-2-1-3-5-9/h1-5,10H,6-8,12H2. The molecule has 3 heteroatoms. The number of carbonyl (C=O) groups excluding carboxylic acids is 1. The molecule has 74 valence electrons. The summed E-state index contributed by atoms with van der Waals surface area (Å²) in [6.07, 6.45) is 0.598. The van der Waals surface area contributed by atoms with Crippen LogP contribution in [0.25, 0.3) is 0 Å². The number of likely N-dealkylation sites (tertiary alicyclic amines) is 1. The van der Waals surface area contributed by atoms with E-state index in [-0.39, 0.29) is 5.91 Å². The highest BCUT2D eigenvalue weighted by Gasteiger charge is 2.29. The second-order valence-corrected chi connectivity index (χ2v) is 3.61. The first kappa shape index (κ1) is 9.21. The van der Waals surface area contributed by atoms with Crippen molar-refractivity contribution in [3.05, 3.63) is 35.9 Å². The lowest BCUT2D eigenvalue weighted by Crippen LogP contribution is -2.31. The van der Waals surface area contributed by atoms with E-state index in [9.17, 15) is 4.79 Å². The molecular formula is C11H14N2O. The van der Waals surface area contributed by atoms with E-state index in [0.29, 0.717) is 19.0 Å². The van der Waals surface area contributed by atoms with Gasteiger partial charge in [-0.15, -0.1) is 0 Å². The van der Waals surface area contributed by atoms with Crippen LogP contribution in [0.3, 0.4) is 0 Å². The molecule has 0 aromatic heterocycles. The fourth-order valence-corrected chi connectivity index (χ4v) is 1.90. The van der Waals surface area contributed by atoms with Crippen LogP contribution >= 0.6 is 0 Å². The van der Waals surface area contributed by atoms with Crippen molar-refractivity contribution < 1.29 is 4.79 Å². The molecule has 14 heavy (non-hydrogen) atoms. The largest absolute Gasteiger partial charge is 0.330 e. The molecule has 1 amide bonds. The van der Waals surface area contributed by atoms with E-state index in [4.69, 9.17) is 5.73 Å². The van der Waals surface area contributed by atoms with Crippen molar-refractivity contribution in [2.45, 2.75) is 12.3 Å². The molecule has 0 spiro atoms. The summed E-state index contributed by atoms with van der Waals surface area (Å²) >= 11 is 0. The van der Waals surface area contributed by atoms with Crippen LogP contribution in [0, 0.1) is 0 Å². The fourth-order valence-electron chi connectivity index (χ4n) is 1.90. The lowest BCUT2D eigenvalue weighted by atomic mass is 9.99. The molecule has 1 fully saturated rings. The van der Waals surface area contributed by atoms with Gasteiger partial charge in [0.25, 0.3) is 0 Å². The maximum atomic E-state index is 11.4. The molecule has 1 saturated heterocycles. The summed E-state index contributed by atoms with van der Waals surface area (Å²) in [4.78, 5) is 13.1. The van der Waals surface area contributed by atoms with Crippen LogP contribution in [0.5, 0.6) is 0 Å². The summed E-state index contributed by atoms with van der Waals surface area (Å²) in [5, 5.41) is 0. The maximum Gasteiger partial charge on any atom is 0.224 e. The summed E-state index contributed by atoms with van der Waals surface area (Å²) in [7, 11) is 0. The number of carbonyl (C=O) groups is 1. The molecule has 1 aromatic carbocycles. The van der Waals surface area contributed by atoms with Crippen LogP contribution in [0.15, 0.2) is 30.3 Å². The SMILES string of the molecule is NCN1CC(c2ccccc2)CC1=O. The Balaban J connectivity index is 2.13. The van der Waals surface area contributed by atoms with E-state index in [1.54, 1.807) is 4.90 Å². The van der Waals surface area contributed by atoms with Crippen LogP contribution < -0.4 is 5.73 Å². The minimum Gasteiger partial charge on any atom is -0.330 e. The van der Waals surface area contributed by atoms with E-state index in [1.165, 1.54) is 5.56 Å². The first-order valence-corrected chi connectivity index (χ1v) is 4.84. The molecule has 0 saturated carbocycles. The molecule has 2 N–H and O–H groups in total. The predicted molar refractivity (Wildman–Crippen MR) is 54.6 cm³/mol. The van der Waals surface area contributed by atoms with Gasteiger partial charge >= 0.3 is 0 Å². The molecule has 2 rings (SSSR count). The normalized spacial score (nSPS) is 21.6. The number of rotatable bonds is 2. The topological polar surface area (TPSA) is 46.3 Å². The Kier molecular flexibility index (Phi) is 2.50. The van der Waals surface area contributed by atoms with Crippen molar-refractivity contribution in [3.8, 4) is 0 Å². The highest BCUT2D eigenvalue weighted by molar-refractivity contribution is 5.79. The van der Waals surface area contributed by atoms with Gasteiger partial charge in [0.05, 0.1) is 6.67 Å². The van der Waals surface area contributed by atoms with Gasteiger partial charge in [0.1, 0.15) is 0 Å². The van der Waals surface area contributed by atoms with Gasteiger partial charge < -0.3 is 10.6 Å². The first-order valence-electron chi connectivity index (χ1n) is 4.84. The zero-order valence-electron chi connectivity index (χ0n) is 8.02. The van der Waals surface area contributed by atoms with Crippen LogP contribution in [-0.2, 0) is 4.79 Å². The zero-order chi connectivity index (χ0) is 9.97. The predicted octanol–water partition coefficient (Wildman–Crippen LogP) is 0.919. The number of hydrogen-bond donors (Lipinski definition) is 1. The van der Waals surface area contributed by atoms with Gasteiger partial charge in [0, 0.05) is 18.9 Å². The van der Waals surface area contributed by atoms with Crippen molar-refractivity contribution >= 4 is 5.91 Å². The second-order valence-electron chi connectivity index (χ2n) is 3.61. The van der Waals surface area contributed by atoms with Gasteiger partial charge in [-0.05, 0) is 5.56 Å². The zero-order valence-corrected chi connectivity index (χ0v) is 8.02. The Labute approximate surface area is 83.5 Å². The fraction of sp³-hybridized carbons (Fsp3) is 0.364. The van der Waals surface area contributed by atoms with Gasteiger partial charge in [-0.3, -0.25) is 4.79 Å². The smallest absolute Gasteiger partial charge is 0.224 e. The lowest BCUT2D eigenvalue weighted by molar-refractivity contribution is -0.127. The lowest BCUT2D eigenvalue weighted by Gasteiger charge is -2.13. The van der Waals surface area contributed by atoms with Gasteiger partial charge in [-0.2, -0.15) is 0 Å². The Morgan fingerprint density at radius 1 is 1.36 bits per heavy atom. The van der Waals surface area contributed by atoms with Crippen LogP contribution in [0.2, 0.25) is 0 Å². The quantitative estimate of drug-likeness (QED) is 0.753. The van der Waals surface area contributed by atoms with E-state index in [1.807, 2.05) is 18.2 Å². The molecular weight excluding hydrogens is 176 g/mol. The van der Waals surface area contributed by atoms with Gasteiger partial charge in [-0.25, -0.2) is 0 Å². The van der Waals surface area contributed by atoms with Crippen LogP contribution in [-0.4, -0.2) is 24.0 Å². The summed E-state index contributed by atoms with van der Waals surface area (Å²) < 4.78 is 0. The maximum absolute atomic E-state index is 11.4. The van der Waals surface area contributed by atoms with Gasteiger partial charge in [-0.1, -0.05) is 30.3 Å². The number of benzene rings is 1. The molecule has 1 aliphatic rings. The van der Waals surface area contributed by atoms with Crippen molar-refractivity contribution in [1.29, 1.82) is 0 Å². The molecule has 1 atom stereocenters. The molecule has 3 nitrogen and oxygen atoms in total. The molecule has 1 unspecified atom stereocenters. The Bertz CT molecular complexity index is 323. The summed E-state index contributed by atoms with van der Waals surface area (Å²) in [5.41, 5.74) is 6.70. The average Bonchev–Trinajstić information content (AvgIpc) is 2.61. The number of amides is 1. The Morgan fingerprint density at radius 3 is 2.64 bits per heavy atom. The van der Waals surface area contributed by atoms with E-state index >= 15 is 0 Å². The number of nitrogens with zero attached hydrogens (tertiary/aromatic N) is 1. The van der Waals surface area contributed by atoms with E-state index in [2.05, 4.69) is 12.1 Å². The molecule has 1 heterocycles. The monoisotopic (exact) mass is 190 g/mol. The summed E-state index contributed by atoms with van der Waals surface area (Å²) in [5.74, 6) is 0.494. The van der Waals surface area contributed by atoms with Crippen molar-refractivity contribution in [3.63, 3.8) is 0 Å². The van der Waals surface area contributed by atoms with Gasteiger partial charge in [0.2, 0.25) is 5.91 Å². The van der Waals surface area contributed by atoms with Gasteiger partial charge in [0.15, 0.2) is 0 Å². The number of hydrogen-bond acceptors (Lipinski definition) is 2. The van der Waals surface area contributed by atoms with Crippen LogP contribution in [0.4, 0.5) is 0 Å². The van der Waals surface area contributed by atoms with E-state index in [0.717, 1.165) is 6.54 Å². The van der Waals surface area contributed by atoms with Crippen LogP contribution in [0.1, 0.15) is 17.9 Å². The molecule has 0 aliphatic carbocycles. The summed E-state index contributed by atoms with van der Waals surface area (Å²) in [6.45, 7) is 1.10. The minimum absolute atomic E-state index is 0.168. The minimum atomic E-state index is 0.168. The van der Waals surface area contributed by atoms with E-state index < -0.39 is 0 Å². The Hall–Kier alpha value is -1.35. The third-order valence-corrected chi connectivity index (χ3v) is 2.71. The van der Waals surface area contributed by atoms with Crippen molar-refractivity contribution in [2.75, 3.05) is 13.2 Å². The van der Waals surface area contributed by atoms with Crippen molar-refractivity contribution in [1.82, 2.24) is 4.90 Å². The number of nitrogens with two attached hydrogens (primary N) is 1. The highest BCUT2D eigenvalue weighted by atomic mass is 16.2. The molecule has 0 radical (unpaired) electrons. The molecule has 1 aromatic rings. The average molecular weight is 190 g/mol. The summed E-state index contributed by atoms with van der Waals surface area (Å²) in [6, 6.07) is 10.1. The third kappa shape index (κ3) is 1.63. The molecule has 0 bridgehead atoms. The molecule has 1 aliphatic heterocycles. The Morgan fingerprint density at radius 2 is 2.07 bits per heavy atom. The highest BCUT2D eigenvalue weighted by Crippen LogP contribution is 2.26. The van der Waals surface area contributed by atoms with Crippen molar-refractivity contribution in [2.24, 2.45) is 5.73 Å².